The summed E-state index contributed by atoms with van der Waals surface area (Å²) in [5.74, 6) is 0. The first kappa shape index (κ1) is 9.84. The van der Waals surface area contributed by atoms with Crippen molar-refractivity contribution in [1.82, 2.24) is 0 Å². The van der Waals surface area contributed by atoms with Crippen LogP contribution in [0.5, 0.6) is 0 Å². The van der Waals surface area contributed by atoms with Crippen LogP contribution in [-0.2, 0) is 4.80 Å². The third-order valence-electron chi connectivity index (χ3n) is 0.330. The van der Waals surface area contributed by atoms with E-state index in [9.17, 15) is 4.80 Å². The fourth-order valence-electron chi connectivity index (χ4n) is 0. The third kappa shape index (κ3) is 3.12. The van der Waals surface area contributed by atoms with Crippen molar-refractivity contribution in [3.63, 3.8) is 0 Å². The summed E-state index contributed by atoms with van der Waals surface area (Å²) in [7, 11) is 0. The van der Waals surface area contributed by atoms with Crippen LogP contribution in [-0.4, -0.2) is 12.0 Å². The average molecular weight is 249 g/mol. The summed E-state index contributed by atoms with van der Waals surface area (Å²) in [6.45, 7) is -3.73. The summed E-state index contributed by atoms with van der Waals surface area (Å²) in [4.78, 5) is 10.5. The molecular weight excluding hydrogens is 249 g/mol. The van der Waals surface area contributed by atoms with Crippen molar-refractivity contribution in [3.05, 3.63) is 0 Å². The molecule has 0 spiro atoms. The van der Waals surface area contributed by atoms with Crippen LogP contribution in [0.2, 0.25) is 0 Å². The zero-order valence-corrected chi connectivity index (χ0v) is 9.08. The Morgan fingerprint density at radius 3 is 1.00 bits per heavy atom. The van der Waals surface area contributed by atoms with E-state index in [1.807, 2.05) is 0 Å². The summed E-state index contributed by atoms with van der Waals surface area (Å²) in [6.07, 6.45) is 0. The SMILES string of the molecule is [O][Si](Cl)(Cl)[Si](Cl)(Cl)Cl. The highest BCUT2D eigenvalue weighted by molar-refractivity contribution is 8.00. The normalized spacial score (nSPS) is 14.2. The molecular formula is Cl5OSi2. The minimum absolute atomic E-state index is 3.33. The Hall–Kier alpha value is 1.84. The molecule has 0 aromatic carbocycles. The van der Waals surface area contributed by atoms with Gasteiger partial charge in [-0.05, 0) is 0 Å². The Labute approximate surface area is 71.9 Å². The molecule has 0 saturated heterocycles. The molecule has 0 aliphatic carbocycles. The van der Waals surface area contributed by atoms with Crippen molar-refractivity contribution in [1.29, 1.82) is 0 Å². The van der Waals surface area contributed by atoms with Crippen LogP contribution in [0.15, 0.2) is 0 Å². The highest BCUT2D eigenvalue weighted by Gasteiger charge is 2.55. The Kier molecular flexibility index (Phi) is 3.49. The predicted octanol–water partition coefficient (Wildman–Crippen LogP) is 2.57. The smallest absolute Gasteiger partial charge is 0.255 e. The molecule has 8 heteroatoms. The molecule has 0 aliphatic heterocycles. The van der Waals surface area contributed by atoms with E-state index in [1.165, 1.54) is 0 Å². The van der Waals surface area contributed by atoms with Gasteiger partial charge >= 0.3 is 12.0 Å². The molecule has 0 atom stereocenters. The minimum atomic E-state index is -3.73. The molecule has 0 unspecified atom stereocenters. The van der Waals surface area contributed by atoms with Gasteiger partial charge in [0.05, 0.1) is 0 Å². The summed E-state index contributed by atoms with van der Waals surface area (Å²) in [5, 5.41) is 0. The fraction of sp³-hybridized carbons (Fsp3) is 0. The van der Waals surface area contributed by atoms with Crippen molar-refractivity contribution in [2.45, 2.75) is 0 Å². The number of hydrogen-bond donors (Lipinski definition) is 0. The van der Waals surface area contributed by atoms with E-state index in [4.69, 9.17) is 55.4 Å². The molecule has 1 radical (unpaired) electrons. The molecule has 0 aromatic heterocycles. The van der Waals surface area contributed by atoms with E-state index < -0.39 is 12.0 Å². The molecule has 0 heterocycles. The van der Waals surface area contributed by atoms with Gasteiger partial charge in [-0.1, -0.05) is 0 Å². The number of hydrogen-bond acceptors (Lipinski definition) is 0. The van der Waals surface area contributed by atoms with Gasteiger partial charge in [-0.3, -0.25) is 4.80 Å². The molecule has 0 rings (SSSR count). The topological polar surface area (TPSA) is 19.9 Å². The first-order chi connectivity index (χ1) is 3.25. The monoisotopic (exact) mass is 247 g/mol. The zero-order valence-electron chi connectivity index (χ0n) is 3.30. The largest absolute Gasteiger partial charge is 0.455 e. The third-order valence-corrected chi connectivity index (χ3v) is 20.5. The van der Waals surface area contributed by atoms with Crippen LogP contribution >= 0.6 is 55.4 Å². The van der Waals surface area contributed by atoms with Gasteiger partial charge in [-0.15, -0.1) is 55.4 Å². The molecule has 8 heavy (non-hydrogen) atoms. The van der Waals surface area contributed by atoms with Crippen molar-refractivity contribution >= 4 is 67.4 Å². The molecule has 0 N–H and O–H groups in total. The molecule has 0 saturated carbocycles. The van der Waals surface area contributed by atoms with E-state index in [1.54, 1.807) is 0 Å². The molecule has 0 aromatic rings. The standard InChI is InChI=1S/Cl5OSi2/c1-7(2,3)8(4,5)6. The van der Waals surface area contributed by atoms with Gasteiger partial charge in [0.2, 0.25) is 0 Å². The Morgan fingerprint density at radius 2 is 1.00 bits per heavy atom. The van der Waals surface area contributed by atoms with Crippen LogP contribution in [0, 0.1) is 0 Å². The van der Waals surface area contributed by atoms with E-state index in [0.717, 1.165) is 0 Å². The number of halogens is 5. The first-order valence-corrected chi connectivity index (χ1v) is 11.4. The summed E-state index contributed by atoms with van der Waals surface area (Å²) in [6, 6.07) is 0. The van der Waals surface area contributed by atoms with Crippen LogP contribution in [0.4, 0.5) is 0 Å². The lowest BCUT2D eigenvalue weighted by Gasteiger charge is -2.10. The minimum Gasteiger partial charge on any atom is -0.255 e. The van der Waals surface area contributed by atoms with Gasteiger partial charge < -0.3 is 0 Å². The van der Waals surface area contributed by atoms with Crippen molar-refractivity contribution in [3.8, 4) is 0 Å². The maximum atomic E-state index is 10.5. The van der Waals surface area contributed by atoms with Gasteiger partial charge in [0.25, 0.3) is 0 Å². The lowest BCUT2D eigenvalue weighted by atomic mass is 15.9. The molecule has 49 valence electrons. The summed E-state index contributed by atoms with van der Waals surface area (Å²) in [5.41, 5.74) is -3.33. The zero-order chi connectivity index (χ0) is 7.00. The van der Waals surface area contributed by atoms with Gasteiger partial charge in [0, 0.05) is 0 Å². The Morgan fingerprint density at radius 1 is 0.875 bits per heavy atom. The Bertz CT molecular complexity index is 65.4. The highest BCUT2D eigenvalue weighted by atomic mass is 35.9. The van der Waals surface area contributed by atoms with Gasteiger partial charge in [0.1, 0.15) is 0 Å². The van der Waals surface area contributed by atoms with Crippen molar-refractivity contribution in [2.24, 2.45) is 0 Å². The quantitative estimate of drug-likeness (QED) is 0.503. The second-order valence-corrected chi connectivity index (χ2v) is 22.8. The van der Waals surface area contributed by atoms with Gasteiger partial charge in [-0.2, -0.15) is 0 Å². The van der Waals surface area contributed by atoms with E-state index in [2.05, 4.69) is 0 Å². The maximum absolute atomic E-state index is 10.5. The maximum Gasteiger partial charge on any atom is 0.455 e. The molecule has 1 nitrogen and oxygen atoms in total. The Balaban J connectivity index is 4.02. The van der Waals surface area contributed by atoms with Gasteiger partial charge in [0.15, 0.2) is 0 Å². The first-order valence-electron chi connectivity index (χ1n) is 1.40. The molecule has 0 fully saturated rings. The van der Waals surface area contributed by atoms with Crippen LogP contribution < -0.4 is 0 Å². The average Bonchev–Trinajstić information content (AvgIpc) is 1.25. The van der Waals surface area contributed by atoms with Crippen LogP contribution in [0.1, 0.15) is 0 Å². The van der Waals surface area contributed by atoms with Crippen molar-refractivity contribution < 1.29 is 4.80 Å². The molecule has 0 amide bonds. The molecule has 0 aliphatic rings. The summed E-state index contributed by atoms with van der Waals surface area (Å²) >= 11 is 25.5. The second-order valence-electron chi connectivity index (χ2n) is 1.01. The number of rotatable bonds is 1. The fourth-order valence-corrected chi connectivity index (χ4v) is 0. The predicted molar refractivity (Wildman–Crippen MR) is 41.5 cm³/mol. The lowest BCUT2D eigenvalue weighted by Crippen LogP contribution is -2.41. The molecule has 0 bridgehead atoms. The van der Waals surface area contributed by atoms with E-state index in [-0.39, 0.29) is 0 Å². The van der Waals surface area contributed by atoms with Crippen LogP contribution in [0.25, 0.3) is 0 Å². The van der Waals surface area contributed by atoms with Gasteiger partial charge in [-0.25, -0.2) is 0 Å². The second kappa shape index (κ2) is 2.84. The highest BCUT2D eigenvalue weighted by Crippen LogP contribution is 2.35. The van der Waals surface area contributed by atoms with E-state index in [0.29, 0.717) is 0 Å². The van der Waals surface area contributed by atoms with Crippen molar-refractivity contribution in [2.75, 3.05) is 0 Å². The van der Waals surface area contributed by atoms with Crippen LogP contribution in [0.3, 0.4) is 0 Å². The van der Waals surface area contributed by atoms with E-state index >= 15 is 0 Å². The lowest BCUT2D eigenvalue weighted by molar-refractivity contribution is 0.474. The summed E-state index contributed by atoms with van der Waals surface area (Å²) < 4.78 is 0.